The Labute approximate surface area is 207 Å². The number of carbonyl (C=O) groups is 3. The lowest BCUT2D eigenvalue weighted by Gasteiger charge is -2.24. The van der Waals surface area contributed by atoms with Gasteiger partial charge in [-0.05, 0) is 65.7 Å². The number of fused-ring (bicyclic) bond motifs is 1. The van der Waals surface area contributed by atoms with E-state index in [0.29, 0.717) is 36.6 Å². The molecule has 0 unspecified atom stereocenters. The Morgan fingerprint density at radius 2 is 2.06 bits per heavy atom. The Bertz CT molecular complexity index is 1130. The van der Waals surface area contributed by atoms with E-state index in [9.17, 15) is 19.6 Å². The molecule has 8 heteroatoms. The Balaban J connectivity index is 1.46. The Hall–Kier alpha value is -2.66. The first kappa shape index (κ1) is 24.5. The van der Waals surface area contributed by atoms with Gasteiger partial charge in [-0.2, -0.15) is 5.26 Å². The van der Waals surface area contributed by atoms with Crippen molar-refractivity contribution in [2.24, 2.45) is 17.8 Å². The number of aromatic amines is 1. The molecule has 1 heterocycles. The number of aromatic nitrogens is 1. The van der Waals surface area contributed by atoms with Crippen molar-refractivity contribution in [2.75, 3.05) is 7.11 Å². The van der Waals surface area contributed by atoms with E-state index < -0.39 is 12.0 Å². The summed E-state index contributed by atoms with van der Waals surface area (Å²) in [5.74, 6) is 0.199. The van der Waals surface area contributed by atoms with Crippen molar-refractivity contribution >= 4 is 44.3 Å². The predicted molar refractivity (Wildman–Crippen MR) is 131 cm³/mol. The predicted octanol–water partition coefficient (Wildman–Crippen LogP) is 5.09. The van der Waals surface area contributed by atoms with Crippen LogP contribution in [0.5, 0.6) is 5.75 Å². The molecule has 1 amide bonds. The fourth-order valence-corrected chi connectivity index (χ4v) is 5.33. The SMILES string of the molecule is COc1ccc(Br)c2[nH]c(C(=O)C[C@@H](CC3CC3)C(=O)N[C@H](C#N)C[C@@H]3CCCCC3=O)cc12. The van der Waals surface area contributed by atoms with Gasteiger partial charge in [0.05, 0.1) is 24.4 Å². The Morgan fingerprint density at radius 3 is 2.74 bits per heavy atom. The third-order valence-electron chi connectivity index (χ3n) is 7.01. The number of nitrogens with zero attached hydrogens (tertiary/aromatic N) is 1. The van der Waals surface area contributed by atoms with E-state index >= 15 is 0 Å². The molecule has 2 fully saturated rings. The number of Topliss-reactive ketones (excluding diaryl/α,β-unsaturated/α-hetero) is 2. The van der Waals surface area contributed by atoms with Gasteiger partial charge in [-0.3, -0.25) is 14.4 Å². The number of carbonyl (C=O) groups excluding carboxylic acids is 3. The van der Waals surface area contributed by atoms with Crippen LogP contribution < -0.4 is 10.1 Å². The van der Waals surface area contributed by atoms with Gasteiger partial charge in [-0.25, -0.2) is 0 Å². The van der Waals surface area contributed by atoms with Gasteiger partial charge in [0.2, 0.25) is 5.91 Å². The number of methoxy groups -OCH3 is 1. The summed E-state index contributed by atoms with van der Waals surface area (Å²) in [6, 6.07) is 6.88. The van der Waals surface area contributed by atoms with Crippen LogP contribution in [0, 0.1) is 29.1 Å². The minimum Gasteiger partial charge on any atom is -0.496 e. The monoisotopic (exact) mass is 527 g/mol. The van der Waals surface area contributed by atoms with E-state index in [0.717, 1.165) is 47.5 Å². The molecule has 3 atom stereocenters. The van der Waals surface area contributed by atoms with Crippen LogP contribution in [0.3, 0.4) is 0 Å². The van der Waals surface area contributed by atoms with Crippen LogP contribution in [0.25, 0.3) is 10.9 Å². The zero-order valence-corrected chi connectivity index (χ0v) is 20.9. The van der Waals surface area contributed by atoms with Crippen LogP contribution in [0.4, 0.5) is 0 Å². The van der Waals surface area contributed by atoms with Crippen molar-refractivity contribution in [1.29, 1.82) is 5.26 Å². The number of hydrogen-bond acceptors (Lipinski definition) is 5. The maximum Gasteiger partial charge on any atom is 0.224 e. The van der Waals surface area contributed by atoms with Crippen LogP contribution in [-0.4, -0.2) is 35.6 Å². The standard InChI is InChI=1S/C26H30BrN3O4/c1-34-24-9-8-20(27)25-19(24)13-21(30-25)23(32)12-17(10-15-6-7-15)26(33)29-18(14-28)11-16-4-2-3-5-22(16)31/h8-9,13,15-18,30H,2-7,10-12H2,1H3,(H,29,33)/t16-,17+,18-/m0/s1. The van der Waals surface area contributed by atoms with Gasteiger partial charge < -0.3 is 15.0 Å². The Morgan fingerprint density at radius 1 is 1.26 bits per heavy atom. The van der Waals surface area contributed by atoms with Crippen LogP contribution in [0.1, 0.15) is 68.3 Å². The van der Waals surface area contributed by atoms with Crippen molar-refractivity contribution in [3.8, 4) is 11.8 Å². The van der Waals surface area contributed by atoms with Gasteiger partial charge in [0.15, 0.2) is 5.78 Å². The normalized spacial score (nSPS) is 19.9. The quantitative estimate of drug-likeness (QED) is 0.418. The highest BCUT2D eigenvalue weighted by Gasteiger charge is 2.33. The molecule has 4 rings (SSSR count). The topological polar surface area (TPSA) is 112 Å². The molecule has 2 saturated carbocycles. The van der Waals surface area contributed by atoms with E-state index in [1.165, 1.54) is 0 Å². The molecule has 34 heavy (non-hydrogen) atoms. The van der Waals surface area contributed by atoms with E-state index in [-0.39, 0.29) is 29.8 Å². The molecule has 0 saturated heterocycles. The second-order valence-corrected chi connectivity index (χ2v) is 10.4. The highest BCUT2D eigenvalue weighted by Crippen LogP contribution is 2.37. The van der Waals surface area contributed by atoms with Crippen LogP contribution >= 0.6 is 15.9 Å². The molecule has 0 radical (unpaired) electrons. The summed E-state index contributed by atoms with van der Waals surface area (Å²) in [6.07, 6.45) is 6.38. The fraction of sp³-hybridized carbons (Fsp3) is 0.538. The molecule has 2 aromatic rings. The average molecular weight is 528 g/mol. The molecule has 0 bridgehead atoms. The van der Waals surface area contributed by atoms with Crippen LogP contribution in [-0.2, 0) is 9.59 Å². The lowest BCUT2D eigenvalue weighted by atomic mass is 9.83. The second kappa shape index (κ2) is 10.7. The minimum absolute atomic E-state index is 0.0651. The number of ketones is 2. The lowest BCUT2D eigenvalue weighted by molar-refractivity contribution is -0.127. The van der Waals surface area contributed by atoms with Gasteiger partial charge in [0.1, 0.15) is 17.6 Å². The van der Waals surface area contributed by atoms with Gasteiger partial charge in [-0.1, -0.05) is 19.3 Å². The number of hydrogen-bond donors (Lipinski definition) is 2. The number of nitrogens with one attached hydrogen (secondary N) is 2. The summed E-state index contributed by atoms with van der Waals surface area (Å²) >= 11 is 3.50. The molecule has 180 valence electrons. The molecule has 7 nitrogen and oxygen atoms in total. The second-order valence-electron chi connectivity index (χ2n) is 9.56. The minimum atomic E-state index is -0.718. The summed E-state index contributed by atoms with van der Waals surface area (Å²) in [5.41, 5.74) is 1.20. The fourth-order valence-electron chi connectivity index (χ4n) is 4.88. The number of rotatable bonds is 10. The number of H-pyrrole nitrogens is 1. The van der Waals surface area contributed by atoms with Crippen molar-refractivity contribution in [3.05, 3.63) is 28.4 Å². The summed E-state index contributed by atoms with van der Waals surface area (Å²) in [5, 5.41) is 13.3. The summed E-state index contributed by atoms with van der Waals surface area (Å²) in [6.45, 7) is 0. The Kier molecular flexibility index (Phi) is 7.72. The van der Waals surface area contributed by atoms with Gasteiger partial charge in [0, 0.05) is 34.5 Å². The number of ether oxygens (including phenoxy) is 1. The molecule has 1 aromatic heterocycles. The molecular formula is C26H30BrN3O4. The largest absolute Gasteiger partial charge is 0.496 e. The number of benzene rings is 1. The van der Waals surface area contributed by atoms with E-state index in [1.54, 1.807) is 13.2 Å². The van der Waals surface area contributed by atoms with Crippen molar-refractivity contribution in [3.63, 3.8) is 0 Å². The van der Waals surface area contributed by atoms with Crippen LogP contribution in [0.15, 0.2) is 22.7 Å². The summed E-state index contributed by atoms with van der Waals surface area (Å²) in [4.78, 5) is 41.7. The van der Waals surface area contributed by atoms with Gasteiger partial charge in [-0.15, -0.1) is 0 Å². The van der Waals surface area contributed by atoms with Crippen molar-refractivity contribution in [1.82, 2.24) is 10.3 Å². The highest BCUT2D eigenvalue weighted by atomic mass is 79.9. The first-order chi connectivity index (χ1) is 16.4. The summed E-state index contributed by atoms with van der Waals surface area (Å²) < 4.78 is 6.23. The van der Waals surface area contributed by atoms with E-state index in [2.05, 4.69) is 32.3 Å². The van der Waals surface area contributed by atoms with Crippen molar-refractivity contribution < 1.29 is 19.1 Å². The molecule has 2 aliphatic carbocycles. The van der Waals surface area contributed by atoms with Crippen molar-refractivity contribution in [2.45, 2.75) is 63.8 Å². The van der Waals surface area contributed by atoms with Crippen LogP contribution in [0.2, 0.25) is 0 Å². The van der Waals surface area contributed by atoms with E-state index in [1.807, 2.05) is 12.1 Å². The number of nitriles is 1. The first-order valence-corrected chi connectivity index (χ1v) is 12.8. The third-order valence-corrected chi connectivity index (χ3v) is 7.68. The lowest BCUT2D eigenvalue weighted by Crippen LogP contribution is -2.41. The van der Waals surface area contributed by atoms with Gasteiger partial charge in [0.25, 0.3) is 0 Å². The molecular weight excluding hydrogens is 498 g/mol. The highest BCUT2D eigenvalue weighted by molar-refractivity contribution is 9.10. The zero-order chi connectivity index (χ0) is 24.2. The number of amides is 1. The summed E-state index contributed by atoms with van der Waals surface area (Å²) in [7, 11) is 1.58. The molecule has 2 aliphatic rings. The smallest absolute Gasteiger partial charge is 0.224 e. The third kappa shape index (κ3) is 5.69. The average Bonchev–Trinajstić information content (AvgIpc) is 3.53. The first-order valence-electron chi connectivity index (χ1n) is 12.0. The van der Waals surface area contributed by atoms with Gasteiger partial charge >= 0.3 is 0 Å². The number of halogens is 1. The molecule has 1 aromatic carbocycles. The maximum atomic E-state index is 13.2. The molecule has 0 aliphatic heterocycles. The molecule has 0 spiro atoms. The van der Waals surface area contributed by atoms with E-state index in [4.69, 9.17) is 4.74 Å². The zero-order valence-electron chi connectivity index (χ0n) is 19.4. The molecule has 2 N–H and O–H groups in total. The maximum absolute atomic E-state index is 13.2.